The number of hydrogen-bond donors (Lipinski definition) is 0. The third-order valence-corrected chi connectivity index (χ3v) is 5.64. The molecule has 9 heteroatoms. The average molecular weight is 441 g/mol. The number of benzene rings is 3. The first-order chi connectivity index (χ1) is 15.7. The van der Waals surface area contributed by atoms with Gasteiger partial charge in [0, 0.05) is 18.7 Å². The second-order valence-corrected chi connectivity index (χ2v) is 7.55. The van der Waals surface area contributed by atoms with Gasteiger partial charge in [-0.15, -0.1) is 0 Å². The van der Waals surface area contributed by atoms with Crippen molar-refractivity contribution in [2.75, 3.05) is 0 Å². The van der Waals surface area contributed by atoms with Crippen molar-refractivity contribution in [3.8, 4) is 33.8 Å². The van der Waals surface area contributed by atoms with E-state index in [0.29, 0.717) is 11.2 Å². The van der Waals surface area contributed by atoms with Crippen LogP contribution in [-0.2, 0) is 7.05 Å². The maximum absolute atomic E-state index is 13.0. The van der Waals surface area contributed by atoms with E-state index in [4.69, 9.17) is 5.10 Å². The minimum absolute atomic E-state index is 0. The van der Waals surface area contributed by atoms with Crippen LogP contribution in [-0.4, -0.2) is 29.6 Å². The Morgan fingerprint density at radius 2 is 1.58 bits per heavy atom. The van der Waals surface area contributed by atoms with E-state index in [-0.39, 0.29) is 35.1 Å². The van der Waals surface area contributed by atoms with E-state index < -0.39 is 0 Å². The summed E-state index contributed by atoms with van der Waals surface area (Å²) in [7, 11) is 1.77. The van der Waals surface area contributed by atoms with Gasteiger partial charge in [-0.05, 0) is 34.9 Å². The largest absolute Gasteiger partial charge is 1.00 e. The predicted molar refractivity (Wildman–Crippen MR) is 121 cm³/mol. The van der Waals surface area contributed by atoms with Crippen LogP contribution >= 0.6 is 0 Å². The van der Waals surface area contributed by atoms with Gasteiger partial charge in [0.1, 0.15) is 5.65 Å². The number of rotatable bonds is 3. The van der Waals surface area contributed by atoms with Crippen molar-refractivity contribution in [1.29, 1.82) is 0 Å². The van der Waals surface area contributed by atoms with Crippen molar-refractivity contribution >= 4 is 16.6 Å². The van der Waals surface area contributed by atoms with Crippen LogP contribution in [0.1, 0.15) is 0 Å². The minimum Gasteiger partial charge on any atom is -0.331 e. The van der Waals surface area contributed by atoms with Gasteiger partial charge in [0.25, 0.3) is 5.56 Å². The van der Waals surface area contributed by atoms with Crippen molar-refractivity contribution in [3.05, 3.63) is 89.2 Å². The third kappa shape index (κ3) is 3.58. The smallest absolute Gasteiger partial charge is 0.331 e. The van der Waals surface area contributed by atoms with Crippen LogP contribution in [0.4, 0.5) is 0 Å². The standard InChI is InChI=1S/C24H16N7O.Na/c1-30-22-14-20(15-6-3-2-4-7-15)27-31(22)21-13-17(10-11-19(21)24(30)32)16-8-5-9-18(12-16)23-25-28-29-26-23;/h2-14H,1H3;/q-1;+1. The molecule has 6 rings (SSSR count). The Balaban J connectivity index is 0.00000228. The molecule has 0 atom stereocenters. The van der Waals surface area contributed by atoms with Crippen LogP contribution in [0, 0.1) is 0 Å². The second kappa shape index (κ2) is 8.40. The topological polar surface area (TPSA) is 92.1 Å². The molecule has 0 radical (unpaired) electrons. The van der Waals surface area contributed by atoms with Gasteiger partial charge in [0.2, 0.25) is 0 Å². The van der Waals surface area contributed by atoms with Crippen LogP contribution in [0.15, 0.2) is 83.7 Å². The summed E-state index contributed by atoms with van der Waals surface area (Å²) in [5, 5.41) is 20.4. The molecule has 3 heterocycles. The maximum Gasteiger partial charge on any atom is 1.00 e. The first-order valence-electron chi connectivity index (χ1n) is 10.1. The summed E-state index contributed by atoms with van der Waals surface area (Å²) in [4.78, 5) is 13.0. The van der Waals surface area contributed by atoms with Gasteiger partial charge in [-0.25, -0.2) is 9.61 Å². The van der Waals surface area contributed by atoms with Crippen LogP contribution < -0.4 is 40.3 Å². The average Bonchev–Trinajstić information content (AvgIpc) is 3.54. The molecule has 6 aromatic rings. The molecule has 0 aliphatic carbocycles. The maximum atomic E-state index is 13.0. The number of aromatic nitrogens is 7. The molecule has 0 saturated heterocycles. The molecule has 0 bridgehead atoms. The van der Waals surface area contributed by atoms with E-state index in [2.05, 4.69) is 20.6 Å². The zero-order chi connectivity index (χ0) is 21.7. The van der Waals surface area contributed by atoms with Gasteiger partial charge in [0.15, 0.2) is 0 Å². The molecule has 0 spiro atoms. The fourth-order valence-corrected chi connectivity index (χ4v) is 3.99. The van der Waals surface area contributed by atoms with Crippen molar-refractivity contribution in [2.24, 2.45) is 7.05 Å². The number of tetrazole rings is 1. The van der Waals surface area contributed by atoms with Gasteiger partial charge in [0.05, 0.1) is 22.4 Å². The fourth-order valence-electron chi connectivity index (χ4n) is 3.99. The van der Waals surface area contributed by atoms with Gasteiger partial charge >= 0.3 is 29.6 Å². The third-order valence-electron chi connectivity index (χ3n) is 5.64. The van der Waals surface area contributed by atoms with Crippen LogP contribution in [0.5, 0.6) is 0 Å². The molecule has 0 aliphatic heterocycles. The summed E-state index contributed by atoms with van der Waals surface area (Å²) in [5.41, 5.74) is 5.99. The van der Waals surface area contributed by atoms with E-state index in [9.17, 15) is 4.79 Å². The SMILES string of the molecule is Cn1c(=O)c2ccc(-c3cccc(-c4nn[n-]n4)c3)cc2n2nc(-c3ccccc3)cc12.[Na+]. The molecule has 0 fully saturated rings. The quantitative estimate of drug-likeness (QED) is 0.368. The number of hydrogen-bond acceptors (Lipinski definition) is 5. The molecule has 33 heavy (non-hydrogen) atoms. The zero-order valence-electron chi connectivity index (χ0n) is 18.0. The molecular formula is C24H16N7NaO. The summed E-state index contributed by atoms with van der Waals surface area (Å²) in [5.74, 6) is 0.475. The summed E-state index contributed by atoms with van der Waals surface area (Å²) in [6.45, 7) is 0. The number of aryl methyl sites for hydroxylation is 1. The van der Waals surface area contributed by atoms with Crippen LogP contribution in [0.2, 0.25) is 0 Å². The van der Waals surface area contributed by atoms with Crippen LogP contribution in [0.25, 0.3) is 50.3 Å². The monoisotopic (exact) mass is 441 g/mol. The number of nitrogens with zero attached hydrogens (tertiary/aromatic N) is 7. The van der Waals surface area contributed by atoms with E-state index >= 15 is 0 Å². The summed E-state index contributed by atoms with van der Waals surface area (Å²) in [6.07, 6.45) is 0. The Morgan fingerprint density at radius 3 is 2.36 bits per heavy atom. The molecule has 0 amide bonds. The Hall–Kier alpha value is -3.59. The minimum atomic E-state index is -0.0605. The Kier molecular flexibility index (Phi) is 5.41. The van der Waals surface area contributed by atoms with Crippen molar-refractivity contribution in [3.63, 3.8) is 0 Å². The number of fused-ring (bicyclic) bond motifs is 3. The van der Waals surface area contributed by atoms with Gasteiger partial charge in [-0.1, -0.05) is 54.6 Å². The molecule has 0 saturated carbocycles. The van der Waals surface area contributed by atoms with Crippen molar-refractivity contribution in [1.82, 2.24) is 34.8 Å². The van der Waals surface area contributed by atoms with Crippen molar-refractivity contribution < 1.29 is 29.6 Å². The van der Waals surface area contributed by atoms with Gasteiger partial charge in [-0.3, -0.25) is 19.8 Å². The van der Waals surface area contributed by atoms with E-state index in [1.165, 1.54) is 0 Å². The van der Waals surface area contributed by atoms with E-state index in [1.54, 1.807) is 11.6 Å². The Bertz CT molecular complexity index is 1650. The molecule has 3 aromatic carbocycles. The first-order valence-corrected chi connectivity index (χ1v) is 10.1. The second-order valence-electron chi connectivity index (χ2n) is 7.55. The van der Waals surface area contributed by atoms with Gasteiger partial charge < -0.3 is 5.10 Å². The van der Waals surface area contributed by atoms with Crippen LogP contribution in [0.3, 0.4) is 0 Å². The fraction of sp³-hybridized carbons (Fsp3) is 0.0417. The zero-order valence-corrected chi connectivity index (χ0v) is 20.0. The summed E-state index contributed by atoms with van der Waals surface area (Å²) >= 11 is 0. The molecule has 0 aliphatic rings. The van der Waals surface area contributed by atoms with Gasteiger partial charge in [-0.2, -0.15) is 5.10 Å². The normalized spacial score (nSPS) is 11.1. The molecule has 8 nitrogen and oxygen atoms in total. The Morgan fingerprint density at radius 1 is 0.818 bits per heavy atom. The molecular weight excluding hydrogens is 425 g/mol. The Labute approximate surface area is 210 Å². The summed E-state index contributed by atoms with van der Waals surface area (Å²) < 4.78 is 3.47. The van der Waals surface area contributed by atoms with E-state index in [1.807, 2.05) is 83.4 Å². The molecule has 0 unspecified atom stereocenters. The van der Waals surface area contributed by atoms with E-state index in [0.717, 1.165) is 39.1 Å². The van der Waals surface area contributed by atoms with Crippen molar-refractivity contribution in [2.45, 2.75) is 0 Å². The molecule has 3 aromatic heterocycles. The molecule has 154 valence electrons. The summed E-state index contributed by atoms with van der Waals surface area (Å²) in [6, 6.07) is 25.5. The predicted octanol–water partition coefficient (Wildman–Crippen LogP) is 0.333. The molecule has 0 N–H and O–H groups in total. The first kappa shape index (κ1) is 21.3.